The maximum absolute atomic E-state index is 11.9. The van der Waals surface area contributed by atoms with Crippen molar-refractivity contribution in [2.45, 2.75) is 6.54 Å². The summed E-state index contributed by atoms with van der Waals surface area (Å²) in [5.41, 5.74) is 1.13. The molecule has 0 aromatic heterocycles. The first-order chi connectivity index (χ1) is 9.06. The number of likely N-dealkylation sites (N-methyl/N-ethyl adjacent to an activating group) is 1. The molecule has 0 radical (unpaired) electrons. The lowest BCUT2D eigenvalue weighted by Crippen LogP contribution is -2.40. The molecule has 0 spiro atoms. The lowest BCUT2D eigenvalue weighted by Gasteiger charge is -2.19. The molecule has 0 unspecified atom stereocenters. The number of rotatable bonds is 4. The van der Waals surface area contributed by atoms with E-state index in [1.54, 1.807) is 0 Å². The molecule has 1 aliphatic heterocycles. The molecule has 1 aromatic rings. The van der Waals surface area contributed by atoms with E-state index >= 15 is 0 Å². The molecule has 1 fully saturated rings. The Bertz CT molecular complexity index is 475. The van der Waals surface area contributed by atoms with E-state index in [-0.39, 0.29) is 18.5 Å². The highest BCUT2D eigenvalue weighted by Crippen LogP contribution is 2.12. The van der Waals surface area contributed by atoms with Gasteiger partial charge in [0.2, 0.25) is 5.91 Å². The first kappa shape index (κ1) is 14.0. The molecule has 5 nitrogen and oxygen atoms in total. The maximum atomic E-state index is 11.9. The summed E-state index contributed by atoms with van der Waals surface area (Å²) in [6, 6.07) is 7.67. The lowest BCUT2D eigenvalue weighted by atomic mass is 10.2. The van der Waals surface area contributed by atoms with Gasteiger partial charge in [-0.1, -0.05) is 28.1 Å². The van der Waals surface area contributed by atoms with Gasteiger partial charge >= 0.3 is 6.03 Å². The van der Waals surface area contributed by atoms with E-state index in [2.05, 4.69) is 21.2 Å². The number of nitrogens with one attached hydrogen (secondary N) is 1. The highest BCUT2D eigenvalue weighted by molar-refractivity contribution is 9.10. The summed E-state index contributed by atoms with van der Waals surface area (Å²) in [5, 5.41) is 2.62. The number of nitrogens with zero attached hydrogens (tertiary/aromatic N) is 2. The number of hydrogen-bond donors (Lipinski definition) is 1. The van der Waals surface area contributed by atoms with Gasteiger partial charge in [-0.15, -0.1) is 0 Å². The molecule has 0 saturated carbocycles. The molecule has 1 aliphatic rings. The normalized spacial score (nSPS) is 14.9. The molecule has 1 heterocycles. The first-order valence-electron chi connectivity index (χ1n) is 6.07. The van der Waals surface area contributed by atoms with Gasteiger partial charge in [-0.25, -0.2) is 4.79 Å². The van der Waals surface area contributed by atoms with Crippen molar-refractivity contribution in [3.63, 3.8) is 0 Å². The molecule has 102 valence electrons. The summed E-state index contributed by atoms with van der Waals surface area (Å²) < 4.78 is 1.03. The number of imide groups is 1. The van der Waals surface area contributed by atoms with Crippen molar-refractivity contribution in [1.29, 1.82) is 0 Å². The molecular weight excluding hydrogens is 310 g/mol. The number of hydrogen-bond acceptors (Lipinski definition) is 3. The van der Waals surface area contributed by atoms with Crippen molar-refractivity contribution in [2.75, 3.05) is 26.7 Å². The largest absolute Gasteiger partial charge is 0.336 e. The van der Waals surface area contributed by atoms with Crippen LogP contribution in [-0.2, 0) is 11.3 Å². The summed E-state index contributed by atoms with van der Waals surface area (Å²) in [4.78, 5) is 26.5. The van der Waals surface area contributed by atoms with Crippen LogP contribution in [0.15, 0.2) is 28.7 Å². The Hall–Kier alpha value is -1.40. The van der Waals surface area contributed by atoms with Gasteiger partial charge in [0.1, 0.15) is 0 Å². The molecule has 0 aliphatic carbocycles. The Kier molecular flexibility index (Phi) is 4.55. The van der Waals surface area contributed by atoms with Crippen molar-refractivity contribution in [3.05, 3.63) is 34.3 Å². The Morgan fingerprint density at radius 1 is 1.42 bits per heavy atom. The molecule has 19 heavy (non-hydrogen) atoms. The third-order valence-corrected chi connectivity index (χ3v) is 3.46. The fourth-order valence-corrected chi connectivity index (χ4v) is 2.25. The average molecular weight is 326 g/mol. The van der Waals surface area contributed by atoms with E-state index in [1.165, 1.54) is 4.90 Å². The van der Waals surface area contributed by atoms with Gasteiger partial charge in [-0.2, -0.15) is 0 Å². The van der Waals surface area contributed by atoms with Gasteiger partial charge in [0.15, 0.2) is 0 Å². The number of amides is 3. The number of halogens is 1. The second-order valence-electron chi connectivity index (χ2n) is 4.58. The van der Waals surface area contributed by atoms with Crippen LogP contribution in [0.5, 0.6) is 0 Å². The Balaban J connectivity index is 1.87. The predicted molar refractivity (Wildman–Crippen MR) is 75.6 cm³/mol. The average Bonchev–Trinajstić information content (AvgIpc) is 2.78. The minimum Gasteiger partial charge on any atom is -0.336 e. The van der Waals surface area contributed by atoms with Gasteiger partial charge < -0.3 is 5.32 Å². The van der Waals surface area contributed by atoms with E-state index in [1.807, 2.05) is 36.2 Å². The second-order valence-corrected chi connectivity index (χ2v) is 5.49. The number of urea groups is 1. The lowest BCUT2D eigenvalue weighted by molar-refractivity contribution is -0.128. The molecule has 3 amide bonds. The van der Waals surface area contributed by atoms with Crippen LogP contribution in [0.2, 0.25) is 0 Å². The van der Waals surface area contributed by atoms with Crippen LogP contribution >= 0.6 is 15.9 Å². The maximum Gasteiger partial charge on any atom is 0.324 e. The summed E-state index contributed by atoms with van der Waals surface area (Å²) in [5.74, 6) is -0.158. The Morgan fingerprint density at radius 3 is 2.68 bits per heavy atom. The Labute approximate surface area is 120 Å². The zero-order valence-corrected chi connectivity index (χ0v) is 12.3. The fraction of sp³-hybridized carbons (Fsp3) is 0.385. The molecular formula is C13H16BrN3O2. The highest BCUT2D eigenvalue weighted by atomic mass is 79.9. The summed E-state index contributed by atoms with van der Waals surface area (Å²) in [6.45, 7) is 1.92. The molecule has 0 bridgehead atoms. The van der Waals surface area contributed by atoms with Crippen molar-refractivity contribution in [2.24, 2.45) is 0 Å². The van der Waals surface area contributed by atoms with Crippen LogP contribution in [0.4, 0.5) is 4.79 Å². The van der Waals surface area contributed by atoms with Crippen LogP contribution in [0.3, 0.4) is 0 Å². The topological polar surface area (TPSA) is 52.7 Å². The Morgan fingerprint density at radius 2 is 2.11 bits per heavy atom. The van der Waals surface area contributed by atoms with Crippen LogP contribution in [0.25, 0.3) is 0 Å². The number of carbonyl (C=O) groups excluding carboxylic acids is 2. The number of benzene rings is 1. The first-order valence-corrected chi connectivity index (χ1v) is 6.87. The summed E-state index contributed by atoms with van der Waals surface area (Å²) >= 11 is 3.38. The molecule has 1 aromatic carbocycles. The van der Waals surface area contributed by atoms with Crippen LogP contribution in [0.1, 0.15) is 5.56 Å². The zero-order chi connectivity index (χ0) is 13.8. The van der Waals surface area contributed by atoms with Crippen molar-refractivity contribution in [1.82, 2.24) is 15.1 Å². The third-order valence-electron chi connectivity index (χ3n) is 2.93. The van der Waals surface area contributed by atoms with E-state index in [0.717, 1.165) is 10.0 Å². The summed E-state index contributed by atoms with van der Waals surface area (Å²) in [6.07, 6.45) is 0. The molecule has 2 rings (SSSR count). The standard InChI is InChI=1S/C13H16BrN3O2/c1-16(8-10-2-4-11(14)5-3-10)9-12(18)17-7-6-15-13(17)19/h2-5H,6-9H2,1H3,(H,15,19). The molecule has 0 atom stereocenters. The monoisotopic (exact) mass is 325 g/mol. The van der Waals surface area contributed by atoms with Crippen molar-refractivity contribution in [3.8, 4) is 0 Å². The minimum atomic E-state index is -0.290. The summed E-state index contributed by atoms with van der Waals surface area (Å²) in [7, 11) is 1.87. The van der Waals surface area contributed by atoms with Crippen LogP contribution < -0.4 is 5.32 Å². The SMILES string of the molecule is CN(CC(=O)N1CCNC1=O)Cc1ccc(Br)cc1. The highest BCUT2D eigenvalue weighted by Gasteiger charge is 2.26. The van der Waals surface area contributed by atoms with E-state index in [0.29, 0.717) is 19.6 Å². The van der Waals surface area contributed by atoms with E-state index < -0.39 is 0 Å². The number of carbonyl (C=O) groups is 2. The third kappa shape index (κ3) is 3.78. The van der Waals surface area contributed by atoms with Gasteiger partial charge in [-0.3, -0.25) is 14.6 Å². The van der Waals surface area contributed by atoms with Gasteiger partial charge in [0.05, 0.1) is 6.54 Å². The predicted octanol–water partition coefficient (Wildman–Crippen LogP) is 1.43. The smallest absolute Gasteiger partial charge is 0.324 e. The van der Waals surface area contributed by atoms with Crippen molar-refractivity contribution >= 4 is 27.9 Å². The zero-order valence-electron chi connectivity index (χ0n) is 10.7. The van der Waals surface area contributed by atoms with Gasteiger partial charge in [-0.05, 0) is 24.7 Å². The van der Waals surface area contributed by atoms with E-state index in [9.17, 15) is 9.59 Å². The van der Waals surface area contributed by atoms with E-state index in [4.69, 9.17) is 0 Å². The molecule has 1 N–H and O–H groups in total. The fourth-order valence-electron chi connectivity index (χ4n) is 1.98. The van der Waals surface area contributed by atoms with Crippen LogP contribution in [-0.4, -0.2) is 48.4 Å². The quantitative estimate of drug-likeness (QED) is 0.911. The second kappa shape index (κ2) is 6.16. The van der Waals surface area contributed by atoms with Gasteiger partial charge in [0, 0.05) is 24.1 Å². The molecule has 6 heteroatoms. The van der Waals surface area contributed by atoms with Crippen molar-refractivity contribution < 1.29 is 9.59 Å². The van der Waals surface area contributed by atoms with Gasteiger partial charge in [0.25, 0.3) is 0 Å². The molecule has 1 saturated heterocycles. The minimum absolute atomic E-state index is 0.158. The van der Waals surface area contributed by atoms with Crippen LogP contribution in [0, 0.1) is 0 Å².